The molecule has 0 aromatic heterocycles. The van der Waals surface area contributed by atoms with E-state index in [0.717, 1.165) is 25.5 Å². The Labute approximate surface area is 99.9 Å². The van der Waals surface area contributed by atoms with E-state index in [-0.39, 0.29) is 6.10 Å². The normalized spacial score (nSPS) is 19.4. The second-order valence-electron chi connectivity index (χ2n) is 3.82. The van der Waals surface area contributed by atoms with Crippen molar-refractivity contribution in [3.63, 3.8) is 0 Å². The fraction of sp³-hybridized carbons (Fsp3) is 0.308. The van der Waals surface area contributed by atoms with Gasteiger partial charge in [-0.2, -0.15) is 0 Å². The fourth-order valence-corrected chi connectivity index (χ4v) is 1.96. The third-order valence-corrected chi connectivity index (χ3v) is 2.88. The lowest BCUT2D eigenvalue weighted by Gasteiger charge is -2.19. The number of benzene rings is 1. The van der Waals surface area contributed by atoms with Crippen molar-refractivity contribution in [1.82, 2.24) is 0 Å². The van der Waals surface area contributed by atoms with Crippen LogP contribution in [0.25, 0.3) is 0 Å². The number of hydrogen-bond donors (Lipinski definition) is 0. The SMILES string of the molecule is O=Cc1ccc(OC2C=CCCC2)c(Cl)c1. The maximum absolute atomic E-state index is 10.5. The average molecular weight is 237 g/mol. The van der Waals surface area contributed by atoms with Crippen LogP contribution in [0.5, 0.6) is 5.75 Å². The molecule has 1 unspecified atom stereocenters. The van der Waals surface area contributed by atoms with Crippen molar-refractivity contribution in [3.05, 3.63) is 40.9 Å². The van der Waals surface area contributed by atoms with Gasteiger partial charge >= 0.3 is 0 Å². The molecule has 0 aliphatic heterocycles. The van der Waals surface area contributed by atoms with Gasteiger partial charge < -0.3 is 4.74 Å². The fourth-order valence-electron chi connectivity index (χ4n) is 1.73. The summed E-state index contributed by atoms with van der Waals surface area (Å²) < 4.78 is 5.75. The zero-order valence-electron chi connectivity index (χ0n) is 8.86. The summed E-state index contributed by atoms with van der Waals surface area (Å²) in [7, 11) is 0. The second-order valence-corrected chi connectivity index (χ2v) is 4.23. The summed E-state index contributed by atoms with van der Waals surface area (Å²) in [6.45, 7) is 0. The summed E-state index contributed by atoms with van der Waals surface area (Å²) in [5.41, 5.74) is 0.566. The van der Waals surface area contributed by atoms with Gasteiger partial charge in [0.2, 0.25) is 0 Å². The maximum Gasteiger partial charge on any atom is 0.150 e. The lowest BCUT2D eigenvalue weighted by atomic mass is 10.1. The predicted molar refractivity (Wildman–Crippen MR) is 64.2 cm³/mol. The van der Waals surface area contributed by atoms with E-state index < -0.39 is 0 Å². The molecular formula is C13H13ClO2. The van der Waals surface area contributed by atoms with Crippen LogP contribution in [0, 0.1) is 0 Å². The highest BCUT2D eigenvalue weighted by atomic mass is 35.5. The first-order valence-corrected chi connectivity index (χ1v) is 5.75. The molecule has 16 heavy (non-hydrogen) atoms. The summed E-state index contributed by atoms with van der Waals surface area (Å²) in [6, 6.07) is 5.08. The number of ether oxygens (including phenoxy) is 1. The third kappa shape index (κ3) is 2.64. The molecule has 0 bridgehead atoms. The molecule has 0 saturated heterocycles. The smallest absolute Gasteiger partial charge is 0.150 e. The minimum absolute atomic E-state index is 0.105. The van der Waals surface area contributed by atoms with Gasteiger partial charge in [0.25, 0.3) is 0 Å². The summed E-state index contributed by atoms with van der Waals surface area (Å²) in [5.74, 6) is 0.642. The molecule has 2 nitrogen and oxygen atoms in total. The van der Waals surface area contributed by atoms with Crippen molar-refractivity contribution in [2.24, 2.45) is 0 Å². The molecule has 1 aromatic carbocycles. The molecule has 1 aliphatic rings. The molecule has 0 saturated carbocycles. The van der Waals surface area contributed by atoms with Crippen LogP contribution in [0.3, 0.4) is 0 Å². The molecular weight excluding hydrogens is 224 g/mol. The van der Waals surface area contributed by atoms with Crippen molar-refractivity contribution in [2.45, 2.75) is 25.4 Å². The van der Waals surface area contributed by atoms with Crippen LogP contribution in [0.15, 0.2) is 30.4 Å². The summed E-state index contributed by atoms with van der Waals surface area (Å²) in [4.78, 5) is 10.5. The number of carbonyl (C=O) groups excluding carboxylic acids is 1. The number of allylic oxidation sites excluding steroid dienone is 1. The minimum Gasteiger partial charge on any atom is -0.485 e. The highest BCUT2D eigenvalue weighted by Crippen LogP contribution is 2.27. The molecule has 2 rings (SSSR count). The molecule has 0 radical (unpaired) electrons. The second kappa shape index (κ2) is 5.17. The van der Waals surface area contributed by atoms with E-state index in [2.05, 4.69) is 12.2 Å². The van der Waals surface area contributed by atoms with Gasteiger partial charge in [-0.05, 0) is 43.5 Å². The molecule has 3 heteroatoms. The zero-order chi connectivity index (χ0) is 11.4. The standard InChI is InChI=1S/C13H13ClO2/c14-12-8-10(9-15)6-7-13(12)16-11-4-2-1-3-5-11/h2,4,6-9,11H,1,3,5H2. The van der Waals surface area contributed by atoms with E-state index in [1.54, 1.807) is 18.2 Å². The Hall–Kier alpha value is -1.28. The van der Waals surface area contributed by atoms with E-state index in [4.69, 9.17) is 16.3 Å². The molecule has 0 fully saturated rings. The Morgan fingerprint density at radius 1 is 1.44 bits per heavy atom. The van der Waals surface area contributed by atoms with Gasteiger partial charge in [-0.25, -0.2) is 0 Å². The molecule has 0 heterocycles. The number of aldehydes is 1. The lowest BCUT2D eigenvalue weighted by Crippen LogP contribution is -2.15. The lowest BCUT2D eigenvalue weighted by molar-refractivity contribution is 0.112. The van der Waals surface area contributed by atoms with Gasteiger partial charge in [-0.1, -0.05) is 17.7 Å². The average Bonchev–Trinajstić information content (AvgIpc) is 2.33. The van der Waals surface area contributed by atoms with Crippen LogP contribution in [0.2, 0.25) is 5.02 Å². The molecule has 84 valence electrons. The van der Waals surface area contributed by atoms with Gasteiger partial charge in [-0.15, -0.1) is 0 Å². The van der Waals surface area contributed by atoms with Crippen LogP contribution < -0.4 is 4.74 Å². The van der Waals surface area contributed by atoms with Crippen LogP contribution in [0.1, 0.15) is 29.6 Å². The van der Waals surface area contributed by atoms with Crippen molar-refractivity contribution >= 4 is 17.9 Å². The van der Waals surface area contributed by atoms with E-state index in [0.29, 0.717) is 16.3 Å². The van der Waals surface area contributed by atoms with Gasteiger partial charge in [0.05, 0.1) is 5.02 Å². The van der Waals surface area contributed by atoms with Crippen LogP contribution >= 0.6 is 11.6 Å². The summed E-state index contributed by atoms with van der Waals surface area (Å²) in [5, 5.41) is 0.489. The van der Waals surface area contributed by atoms with E-state index in [1.165, 1.54) is 0 Å². The first-order valence-electron chi connectivity index (χ1n) is 5.37. The topological polar surface area (TPSA) is 26.3 Å². The Kier molecular flexibility index (Phi) is 3.62. The maximum atomic E-state index is 10.5. The van der Waals surface area contributed by atoms with E-state index in [9.17, 15) is 4.79 Å². The predicted octanol–water partition coefficient (Wildman–Crippen LogP) is 3.64. The van der Waals surface area contributed by atoms with Gasteiger partial charge in [0.15, 0.2) is 0 Å². The molecule has 1 aliphatic carbocycles. The molecule has 0 N–H and O–H groups in total. The van der Waals surface area contributed by atoms with Crippen molar-refractivity contribution < 1.29 is 9.53 Å². The Balaban J connectivity index is 2.11. The van der Waals surface area contributed by atoms with Crippen LogP contribution in [-0.2, 0) is 0 Å². The first-order chi connectivity index (χ1) is 7.79. The molecule has 1 aromatic rings. The Bertz CT molecular complexity index is 412. The van der Waals surface area contributed by atoms with E-state index >= 15 is 0 Å². The van der Waals surface area contributed by atoms with Crippen LogP contribution in [-0.4, -0.2) is 12.4 Å². The third-order valence-electron chi connectivity index (χ3n) is 2.58. The number of carbonyl (C=O) groups is 1. The Morgan fingerprint density at radius 2 is 2.31 bits per heavy atom. The quantitative estimate of drug-likeness (QED) is 0.592. The monoisotopic (exact) mass is 236 g/mol. The van der Waals surface area contributed by atoms with Crippen LogP contribution in [0.4, 0.5) is 0 Å². The number of halogens is 1. The number of rotatable bonds is 3. The Morgan fingerprint density at radius 3 is 2.94 bits per heavy atom. The highest BCUT2D eigenvalue weighted by molar-refractivity contribution is 6.32. The highest BCUT2D eigenvalue weighted by Gasteiger charge is 2.11. The molecule has 0 amide bonds. The van der Waals surface area contributed by atoms with Crippen molar-refractivity contribution in [3.8, 4) is 5.75 Å². The van der Waals surface area contributed by atoms with Crippen molar-refractivity contribution in [2.75, 3.05) is 0 Å². The largest absolute Gasteiger partial charge is 0.485 e. The minimum atomic E-state index is 0.105. The molecule has 0 spiro atoms. The first kappa shape index (κ1) is 11.2. The van der Waals surface area contributed by atoms with E-state index in [1.807, 2.05) is 0 Å². The zero-order valence-corrected chi connectivity index (χ0v) is 9.61. The van der Waals surface area contributed by atoms with Gasteiger partial charge in [-0.3, -0.25) is 4.79 Å². The number of hydrogen-bond acceptors (Lipinski definition) is 2. The van der Waals surface area contributed by atoms with Crippen molar-refractivity contribution in [1.29, 1.82) is 0 Å². The summed E-state index contributed by atoms with van der Waals surface area (Å²) >= 11 is 6.02. The van der Waals surface area contributed by atoms with Gasteiger partial charge in [0.1, 0.15) is 18.1 Å². The van der Waals surface area contributed by atoms with Gasteiger partial charge in [0, 0.05) is 5.56 Å². The summed E-state index contributed by atoms with van der Waals surface area (Å²) in [6.07, 6.45) is 8.35. The molecule has 1 atom stereocenters.